The van der Waals surface area contributed by atoms with Gasteiger partial charge in [-0.25, -0.2) is 23.1 Å². The van der Waals surface area contributed by atoms with Gasteiger partial charge in [-0.2, -0.15) is 0 Å². The molecule has 0 fully saturated rings. The van der Waals surface area contributed by atoms with E-state index in [-0.39, 0.29) is 30.3 Å². The molecule has 0 saturated carbocycles. The van der Waals surface area contributed by atoms with E-state index in [1.54, 1.807) is 25.2 Å². The first-order valence-electron chi connectivity index (χ1n) is 10.3. The summed E-state index contributed by atoms with van der Waals surface area (Å²) in [5, 5.41) is 2.79. The van der Waals surface area contributed by atoms with Crippen molar-refractivity contribution in [2.24, 2.45) is 0 Å². The van der Waals surface area contributed by atoms with E-state index in [0.717, 1.165) is 27.4 Å². The number of hydrogen-bond donors (Lipinski definition) is 1. The molecule has 164 valence electrons. The Bertz CT molecular complexity index is 1400. The molecule has 7 nitrogen and oxygen atoms in total. The second-order valence-corrected chi connectivity index (χ2v) is 9.42. The normalized spacial score (nSPS) is 11.7. The number of carbonyl (C=O) groups is 1. The van der Waals surface area contributed by atoms with E-state index in [4.69, 9.17) is 0 Å². The van der Waals surface area contributed by atoms with E-state index in [1.807, 2.05) is 55.5 Å². The Morgan fingerprint density at radius 2 is 1.69 bits per heavy atom. The number of hydrogen-bond acceptors (Lipinski definition) is 5. The Morgan fingerprint density at radius 3 is 2.50 bits per heavy atom. The summed E-state index contributed by atoms with van der Waals surface area (Å²) in [7, 11) is -2.05. The number of carbonyl (C=O) groups excluding carboxylic acids is 1. The van der Waals surface area contributed by atoms with Crippen molar-refractivity contribution in [1.29, 1.82) is 0 Å². The summed E-state index contributed by atoms with van der Waals surface area (Å²) in [6.07, 6.45) is 0.0376. The summed E-state index contributed by atoms with van der Waals surface area (Å²) in [6, 6.07) is 20.3. The standard InChI is InChI=1S/C24H24N4O3S/c1-17-21-9-5-6-10-22(21)27-23(26-17)16-28(2)24(29)13-14-25-32(30,31)20-12-11-18-7-3-4-8-19(18)15-20/h3-12,15,25H,13-14,16H2,1-2H3. The molecule has 4 aromatic rings. The number of benzene rings is 3. The van der Waals surface area contributed by atoms with Crippen LogP contribution in [0.25, 0.3) is 21.7 Å². The van der Waals surface area contributed by atoms with Crippen molar-refractivity contribution < 1.29 is 13.2 Å². The van der Waals surface area contributed by atoms with Gasteiger partial charge in [-0.15, -0.1) is 0 Å². The number of amides is 1. The van der Waals surface area contributed by atoms with E-state index in [2.05, 4.69) is 14.7 Å². The fourth-order valence-corrected chi connectivity index (χ4v) is 4.63. The number of para-hydroxylation sites is 1. The molecule has 0 spiro atoms. The molecule has 0 atom stereocenters. The highest BCUT2D eigenvalue weighted by Gasteiger charge is 2.17. The van der Waals surface area contributed by atoms with E-state index in [0.29, 0.717) is 5.82 Å². The Kier molecular flexibility index (Phi) is 6.16. The maximum atomic E-state index is 12.6. The lowest BCUT2D eigenvalue weighted by Gasteiger charge is -2.17. The van der Waals surface area contributed by atoms with Crippen molar-refractivity contribution in [3.63, 3.8) is 0 Å². The molecule has 0 aliphatic rings. The van der Waals surface area contributed by atoms with E-state index in [1.165, 1.54) is 4.90 Å². The maximum Gasteiger partial charge on any atom is 0.240 e. The van der Waals surface area contributed by atoms with Crippen LogP contribution < -0.4 is 4.72 Å². The molecule has 0 aliphatic heterocycles. The molecule has 1 aromatic heterocycles. The van der Waals surface area contributed by atoms with Crippen molar-refractivity contribution in [2.75, 3.05) is 13.6 Å². The van der Waals surface area contributed by atoms with Crippen LogP contribution in [0.15, 0.2) is 71.6 Å². The average molecular weight is 449 g/mol. The summed E-state index contributed by atoms with van der Waals surface area (Å²) in [4.78, 5) is 23.2. The molecule has 32 heavy (non-hydrogen) atoms. The molecule has 1 heterocycles. The van der Waals surface area contributed by atoms with Crippen molar-refractivity contribution in [1.82, 2.24) is 19.6 Å². The van der Waals surface area contributed by atoms with Crippen molar-refractivity contribution in [3.8, 4) is 0 Å². The summed E-state index contributed by atoms with van der Waals surface area (Å²) in [5.41, 5.74) is 1.69. The number of nitrogens with zero attached hydrogens (tertiary/aromatic N) is 3. The van der Waals surface area contributed by atoms with Crippen molar-refractivity contribution in [2.45, 2.75) is 24.8 Å². The van der Waals surface area contributed by atoms with Crippen LogP contribution in [0.5, 0.6) is 0 Å². The third-order valence-corrected chi connectivity index (χ3v) is 6.77. The summed E-state index contributed by atoms with van der Waals surface area (Å²) < 4.78 is 27.8. The van der Waals surface area contributed by atoms with Gasteiger partial charge in [0.05, 0.1) is 17.0 Å². The van der Waals surface area contributed by atoms with E-state index < -0.39 is 10.0 Å². The molecule has 8 heteroatoms. The fraction of sp³-hybridized carbons (Fsp3) is 0.208. The topological polar surface area (TPSA) is 92.3 Å². The van der Waals surface area contributed by atoms with Crippen LogP contribution in [-0.4, -0.2) is 42.8 Å². The highest BCUT2D eigenvalue weighted by Crippen LogP contribution is 2.19. The molecule has 0 saturated heterocycles. The Morgan fingerprint density at radius 1 is 0.969 bits per heavy atom. The van der Waals surface area contributed by atoms with Gasteiger partial charge in [0.1, 0.15) is 5.82 Å². The highest BCUT2D eigenvalue weighted by molar-refractivity contribution is 7.89. The van der Waals surface area contributed by atoms with Gasteiger partial charge in [-0.3, -0.25) is 4.79 Å². The van der Waals surface area contributed by atoms with E-state index in [9.17, 15) is 13.2 Å². The lowest BCUT2D eigenvalue weighted by atomic mass is 10.1. The summed E-state index contributed by atoms with van der Waals surface area (Å²) in [6.45, 7) is 2.18. The van der Waals surface area contributed by atoms with Gasteiger partial charge in [0.2, 0.25) is 15.9 Å². The average Bonchev–Trinajstić information content (AvgIpc) is 2.78. The third-order valence-electron chi connectivity index (χ3n) is 5.31. The quantitative estimate of drug-likeness (QED) is 0.468. The molecule has 0 aliphatic carbocycles. The lowest BCUT2D eigenvalue weighted by molar-refractivity contribution is -0.130. The number of fused-ring (bicyclic) bond motifs is 2. The number of aromatic nitrogens is 2. The first-order chi connectivity index (χ1) is 15.3. The van der Waals surface area contributed by atoms with Gasteiger partial charge >= 0.3 is 0 Å². The van der Waals surface area contributed by atoms with Crippen LogP contribution in [0.2, 0.25) is 0 Å². The van der Waals surface area contributed by atoms with Crippen LogP contribution in [-0.2, 0) is 21.4 Å². The second kappa shape index (κ2) is 9.02. The largest absolute Gasteiger partial charge is 0.338 e. The van der Waals surface area contributed by atoms with Crippen LogP contribution in [0.4, 0.5) is 0 Å². The molecule has 4 rings (SSSR count). The Labute approximate surface area is 187 Å². The minimum absolute atomic E-state index is 0.00986. The Hall–Kier alpha value is -3.36. The molecule has 1 amide bonds. The molecule has 0 unspecified atom stereocenters. The van der Waals surface area contributed by atoms with Gasteiger partial charge in [0.15, 0.2) is 0 Å². The lowest BCUT2D eigenvalue weighted by Crippen LogP contribution is -2.32. The molecular weight excluding hydrogens is 424 g/mol. The van der Waals surface area contributed by atoms with Crippen LogP contribution in [0.3, 0.4) is 0 Å². The highest BCUT2D eigenvalue weighted by atomic mass is 32.2. The number of nitrogens with one attached hydrogen (secondary N) is 1. The Balaban J connectivity index is 1.36. The SMILES string of the molecule is Cc1nc(CN(C)C(=O)CCNS(=O)(=O)c2ccc3ccccc3c2)nc2ccccc12. The van der Waals surface area contributed by atoms with Gasteiger partial charge in [-0.05, 0) is 35.9 Å². The number of sulfonamides is 1. The zero-order valence-electron chi connectivity index (χ0n) is 17.9. The summed E-state index contributed by atoms with van der Waals surface area (Å²) in [5.74, 6) is 0.356. The third kappa shape index (κ3) is 4.76. The van der Waals surface area contributed by atoms with Gasteiger partial charge < -0.3 is 4.90 Å². The predicted octanol–water partition coefficient (Wildman–Crippen LogP) is 3.42. The molecule has 0 radical (unpaired) electrons. The summed E-state index contributed by atoms with van der Waals surface area (Å²) >= 11 is 0. The predicted molar refractivity (Wildman–Crippen MR) is 125 cm³/mol. The second-order valence-electron chi connectivity index (χ2n) is 7.65. The molecular formula is C24H24N4O3S. The molecule has 1 N–H and O–H groups in total. The van der Waals surface area contributed by atoms with Gasteiger partial charge in [-0.1, -0.05) is 48.5 Å². The van der Waals surface area contributed by atoms with E-state index >= 15 is 0 Å². The number of rotatable bonds is 7. The number of aryl methyl sites for hydroxylation is 1. The smallest absolute Gasteiger partial charge is 0.240 e. The minimum atomic E-state index is -3.71. The molecule has 0 bridgehead atoms. The van der Waals surface area contributed by atoms with Crippen LogP contribution in [0.1, 0.15) is 17.9 Å². The van der Waals surface area contributed by atoms with Crippen LogP contribution >= 0.6 is 0 Å². The zero-order chi connectivity index (χ0) is 22.7. The maximum absolute atomic E-state index is 12.6. The first kappa shape index (κ1) is 21.9. The van der Waals surface area contributed by atoms with Gasteiger partial charge in [0.25, 0.3) is 0 Å². The fourth-order valence-electron chi connectivity index (χ4n) is 3.57. The monoisotopic (exact) mass is 448 g/mol. The molecule has 3 aromatic carbocycles. The first-order valence-corrected chi connectivity index (χ1v) is 11.8. The van der Waals surface area contributed by atoms with Gasteiger partial charge in [0, 0.05) is 31.1 Å². The van der Waals surface area contributed by atoms with Crippen molar-refractivity contribution >= 4 is 37.6 Å². The van der Waals surface area contributed by atoms with Crippen LogP contribution in [0, 0.1) is 6.92 Å². The minimum Gasteiger partial charge on any atom is -0.338 e. The zero-order valence-corrected chi connectivity index (χ0v) is 18.8. The van der Waals surface area contributed by atoms with Crippen molar-refractivity contribution in [3.05, 3.63) is 78.2 Å².